The number of carbonyl (C=O) groups is 2. The lowest BCUT2D eigenvalue weighted by atomic mass is 10.1. The van der Waals surface area contributed by atoms with Crippen molar-refractivity contribution in [3.63, 3.8) is 0 Å². The van der Waals surface area contributed by atoms with Crippen LogP contribution in [0, 0.1) is 10.1 Å². The molecule has 2 aromatic carbocycles. The molecule has 0 saturated carbocycles. The number of hydrogen-bond donors (Lipinski definition) is 2. The summed E-state index contributed by atoms with van der Waals surface area (Å²) in [4.78, 5) is 32.9. The Morgan fingerprint density at radius 2 is 1.68 bits per heavy atom. The number of aromatic carboxylic acids is 1. The molecule has 0 fully saturated rings. The standard InChI is InChI=1S/C14H9ClN2O5/c15-11-6-3-9(14(19)20)7-12(11)16-13(18)8-1-4-10(5-2-8)17(21)22/h1-7H,(H,16,18)(H,19,20). The molecule has 8 heteroatoms. The summed E-state index contributed by atoms with van der Waals surface area (Å²) in [5.41, 5.74) is 0.165. The van der Waals surface area contributed by atoms with Crippen LogP contribution in [0.15, 0.2) is 42.5 Å². The molecule has 1 amide bonds. The van der Waals surface area contributed by atoms with Crippen molar-refractivity contribution >= 4 is 34.9 Å². The maximum Gasteiger partial charge on any atom is 0.335 e. The average molecular weight is 321 g/mol. The number of carboxylic acid groups (broad SMARTS) is 1. The van der Waals surface area contributed by atoms with Gasteiger partial charge in [0, 0.05) is 17.7 Å². The van der Waals surface area contributed by atoms with E-state index in [2.05, 4.69) is 5.32 Å². The molecule has 0 aliphatic heterocycles. The van der Waals surface area contributed by atoms with E-state index in [-0.39, 0.29) is 27.5 Å². The fourth-order valence-electron chi connectivity index (χ4n) is 1.68. The van der Waals surface area contributed by atoms with Crippen molar-refractivity contribution in [2.75, 3.05) is 5.32 Å². The lowest BCUT2D eigenvalue weighted by molar-refractivity contribution is -0.384. The SMILES string of the molecule is O=C(O)c1ccc(Cl)c(NC(=O)c2ccc([N+](=O)[O-])cc2)c1. The van der Waals surface area contributed by atoms with Gasteiger partial charge >= 0.3 is 5.97 Å². The highest BCUT2D eigenvalue weighted by Crippen LogP contribution is 2.24. The first-order valence-electron chi connectivity index (χ1n) is 5.97. The molecule has 2 aromatic rings. The predicted molar refractivity (Wildman–Crippen MR) is 79.5 cm³/mol. The Kier molecular flexibility index (Phi) is 4.38. The van der Waals surface area contributed by atoms with Crippen LogP contribution >= 0.6 is 11.6 Å². The molecule has 2 rings (SSSR count). The molecule has 0 radical (unpaired) electrons. The normalized spacial score (nSPS) is 10.0. The Bertz CT molecular complexity index is 758. The van der Waals surface area contributed by atoms with E-state index in [1.54, 1.807) is 0 Å². The highest BCUT2D eigenvalue weighted by atomic mass is 35.5. The molecule has 2 N–H and O–H groups in total. The molecule has 0 aliphatic rings. The minimum Gasteiger partial charge on any atom is -0.478 e. The number of benzene rings is 2. The van der Waals surface area contributed by atoms with Crippen LogP contribution in [-0.4, -0.2) is 21.9 Å². The lowest BCUT2D eigenvalue weighted by Crippen LogP contribution is -2.12. The molecule has 112 valence electrons. The summed E-state index contributed by atoms with van der Waals surface area (Å²) in [6, 6.07) is 8.88. The van der Waals surface area contributed by atoms with Gasteiger partial charge < -0.3 is 10.4 Å². The van der Waals surface area contributed by atoms with Crippen molar-refractivity contribution in [2.24, 2.45) is 0 Å². The molecule has 0 unspecified atom stereocenters. The summed E-state index contributed by atoms with van der Waals surface area (Å²) in [5.74, 6) is -1.71. The van der Waals surface area contributed by atoms with E-state index in [0.717, 1.165) is 0 Å². The number of halogens is 1. The van der Waals surface area contributed by atoms with Gasteiger partial charge in [0.1, 0.15) is 0 Å². The lowest BCUT2D eigenvalue weighted by Gasteiger charge is -2.08. The Morgan fingerprint density at radius 1 is 1.09 bits per heavy atom. The number of hydrogen-bond acceptors (Lipinski definition) is 4. The van der Waals surface area contributed by atoms with E-state index in [0.29, 0.717) is 0 Å². The molecule has 22 heavy (non-hydrogen) atoms. The van der Waals surface area contributed by atoms with Gasteiger partial charge in [0.15, 0.2) is 0 Å². The van der Waals surface area contributed by atoms with Crippen molar-refractivity contribution in [1.82, 2.24) is 0 Å². The van der Waals surface area contributed by atoms with E-state index < -0.39 is 16.8 Å². The summed E-state index contributed by atoms with van der Waals surface area (Å²) in [6.07, 6.45) is 0. The van der Waals surface area contributed by atoms with Gasteiger partial charge in [-0.2, -0.15) is 0 Å². The zero-order chi connectivity index (χ0) is 16.3. The van der Waals surface area contributed by atoms with Crippen LogP contribution in [0.4, 0.5) is 11.4 Å². The van der Waals surface area contributed by atoms with Crippen molar-refractivity contribution < 1.29 is 19.6 Å². The molecular weight excluding hydrogens is 312 g/mol. The number of rotatable bonds is 4. The number of nitro groups is 1. The van der Waals surface area contributed by atoms with Crippen molar-refractivity contribution in [1.29, 1.82) is 0 Å². The molecule has 0 heterocycles. The van der Waals surface area contributed by atoms with E-state index in [1.807, 2.05) is 0 Å². The summed E-state index contributed by atoms with van der Waals surface area (Å²) in [6.45, 7) is 0. The number of nitro benzene ring substituents is 1. The second-order valence-corrected chi connectivity index (χ2v) is 4.67. The van der Waals surface area contributed by atoms with E-state index in [4.69, 9.17) is 16.7 Å². The third kappa shape index (κ3) is 3.39. The Balaban J connectivity index is 2.23. The number of non-ortho nitro benzene ring substituents is 1. The summed E-state index contributed by atoms with van der Waals surface area (Å²) >= 11 is 5.90. The highest BCUT2D eigenvalue weighted by Gasteiger charge is 2.13. The molecule has 0 aromatic heterocycles. The Labute approximate surface area is 129 Å². The van der Waals surface area contributed by atoms with E-state index >= 15 is 0 Å². The highest BCUT2D eigenvalue weighted by molar-refractivity contribution is 6.34. The number of amides is 1. The van der Waals surface area contributed by atoms with Gasteiger partial charge in [-0.1, -0.05) is 11.6 Å². The second kappa shape index (κ2) is 6.23. The number of carboxylic acids is 1. The monoisotopic (exact) mass is 320 g/mol. The van der Waals surface area contributed by atoms with Gasteiger partial charge in [0.05, 0.1) is 21.2 Å². The first-order valence-corrected chi connectivity index (χ1v) is 6.35. The van der Waals surface area contributed by atoms with Gasteiger partial charge in [-0.05, 0) is 30.3 Å². The van der Waals surface area contributed by atoms with Crippen molar-refractivity contribution in [2.45, 2.75) is 0 Å². The number of nitrogens with one attached hydrogen (secondary N) is 1. The Morgan fingerprint density at radius 3 is 2.23 bits per heavy atom. The fraction of sp³-hybridized carbons (Fsp3) is 0. The third-order valence-corrected chi connectivity index (χ3v) is 3.13. The number of carbonyl (C=O) groups excluding carboxylic acids is 1. The van der Waals surface area contributed by atoms with Crippen LogP contribution in [0.2, 0.25) is 5.02 Å². The second-order valence-electron chi connectivity index (χ2n) is 4.26. The largest absolute Gasteiger partial charge is 0.478 e. The third-order valence-electron chi connectivity index (χ3n) is 2.80. The van der Waals surface area contributed by atoms with Gasteiger partial charge in [-0.3, -0.25) is 14.9 Å². The minimum absolute atomic E-state index is 0.0246. The van der Waals surface area contributed by atoms with Crippen LogP contribution in [0.1, 0.15) is 20.7 Å². The minimum atomic E-state index is -1.15. The quantitative estimate of drug-likeness (QED) is 0.664. The molecule has 0 spiro atoms. The van der Waals surface area contributed by atoms with Gasteiger partial charge in [-0.15, -0.1) is 0 Å². The zero-order valence-corrected chi connectivity index (χ0v) is 11.7. The topological polar surface area (TPSA) is 110 Å². The molecule has 0 atom stereocenters. The molecule has 0 bridgehead atoms. The molecular formula is C14H9ClN2O5. The van der Waals surface area contributed by atoms with Crippen LogP contribution in [-0.2, 0) is 0 Å². The van der Waals surface area contributed by atoms with Crippen LogP contribution in [0.3, 0.4) is 0 Å². The smallest absolute Gasteiger partial charge is 0.335 e. The molecule has 7 nitrogen and oxygen atoms in total. The van der Waals surface area contributed by atoms with E-state index in [9.17, 15) is 19.7 Å². The van der Waals surface area contributed by atoms with Crippen molar-refractivity contribution in [3.05, 3.63) is 68.7 Å². The van der Waals surface area contributed by atoms with Crippen LogP contribution in [0.5, 0.6) is 0 Å². The first-order chi connectivity index (χ1) is 10.4. The van der Waals surface area contributed by atoms with Crippen LogP contribution in [0.25, 0.3) is 0 Å². The maximum absolute atomic E-state index is 12.0. The number of nitrogens with zero attached hydrogens (tertiary/aromatic N) is 1. The van der Waals surface area contributed by atoms with Gasteiger partial charge in [0.2, 0.25) is 0 Å². The Hall–Kier alpha value is -2.93. The summed E-state index contributed by atoms with van der Waals surface area (Å²) in [5, 5.41) is 22.1. The van der Waals surface area contributed by atoms with Crippen molar-refractivity contribution in [3.8, 4) is 0 Å². The summed E-state index contributed by atoms with van der Waals surface area (Å²) in [7, 11) is 0. The molecule has 0 aliphatic carbocycles. The maximum atomic E-state index is 12.0. The molecule has 0 saturated heterocycles. The first kappa shape index (κ1) is 15.5. The van der Waals surface area contributed by atoms with E-state index in [1.165, 1.54) is 42.5 Å². The fourth-order valence-corrected chi connectivity index (χ4v) is 1.85. The zero-order valence-electron chi connectivity index (χ0n) is 10.9. The average Bonchev–Trinajstić information content (AvgIpc) is 2.49. The van der Waals surface area contributed by atoms with Gasteiger partial charge in [-0.25, -0.2) is 4.79 Å². The number of anilines is 1. The summed E-state index contributed by atoms with van der Waals surface area (Å²) < 4.78 is 0. The predicted octanol–water partition coefficient (Wildman–Crippen LogP) is 3.20. The van der Waals surface area contributed by atoms with Gasteiger partial charge in [0.25, 0.3) is 11.6 Å². The van der Waals surface area contributed by atoms with Crippen LogP contribution < -0.4 is 5.32 Å².